The first-order valence-electron chi connectivity index (χ1n) is 5.51. The van der Waals surface area contributed by atoms with Gasteiger partial charge in [0.05, 0.1) is 11.9 Å². The van der Waals surface area contributed by atoms with E-state index in [0.29, 0.717) is 11.2 Å². The Kier molecular flexibility index (Phi) is 2.88. The summed E-state index contributed by atoms with van der Waals surface area (Å²) in [5.41, 5.74) is 1.12. The van der Waals surface area contributed by atoms with Crippen molar-refractivity contribution >= 4 is 16.9 Å². The number of para-hydroxylation sites is 1. The molecule has 3 nitrogen and oxygen atoms in total. The Morgan fingerprint density at radius 2 is 2.18 bits per heavy atom. The quantitative estimate of drug-likeness (QED) is 0.888. The van der Waals surface area contributed by atoms with Gasteiger partial charge in [-0.15, -0.1) is 0 Å². The molecule has 4 heteroatoms. The fraction of sp³-hybridized carbons (Fsp3) is 0.308. The second-order valence-electron chi connectivity index (χ2n) is 4.35. The molecule has 2 rings (SSSR count). The molecule has 0 bridgehead atoms. The van der Waals surface area contributed by atoms with E-state index in [2.05, 4.69) is 0 Å². The van der Waals surface area contributed by atoms with Crippen LogP contribution in [-0.2, 0) is 11.2 Å². The van der Waals surface area contributed by atoms with Crippen molar-refractivity contribution in [2.24, 2.45) is 0 Å². The van der Waals surface area contributed by atoms with Gasteiger partial charge in [0.1, 0.15) is 5.82 Å². The molecule has 0 aliphatic carbocycles. The zero-order valence-electron chi connectivity index (χ0n) is 9.77. The van der Waals surface area contributed by atoms with Crippen molar-refractivity contribution in [3.05, 3.63) is 35.8 Å². The number of nitrogens with zero attached hydrogens (tertiary/aromatic N) is 1. The van der Waals surface area contributed by atoms with Crippen molar-refractivity contribution in [2.75, 3.05) is 0 Å². The van der Waals surface area contributed by atoms with E-state index in [1.807, 2.05) is 13.8 Å². The van der Waals surface area contributed by atoms with E-state index in [4.69, 9.17) is 5.11 Å². The van der Waals surface area contributed by atoms with Gasteiger partial charge in [0.2, 0.25) is 0 Å². The van der Waals surface area contributed by atoms with Gasteiger partial charge in [-0.2, -0.15) is 0 Å². The fourth-order valence-electron chi connectivity index (χ4n) is 2.18. The number of rotatable bonds is 3. The number of hydrogen-bond donors (Lipinski definition) is 1. The second-order valence-corrected chi connectivity index (χ2v) is 4.35. The monoisotopic (exact) mass is 235 g/mol. The minimum absolute atomic E-state index is 0.0266. The number of hydrogen-bond acceptors (Lipinski definition) is 1. The van der Waals surface area contributed by atoms with Crippen LogP contribution in [0.5, 0.6) is 0 Å². The van der Waals surface area contributed by atoms with Crippen LogP contribution < -0.4 is 0 Å². The average molecular weight is 235 g/mol. The molecular formula is C13H14FNO2. The Labute approximate surface area is 98.5 Å². The fourth-order valence-corrected chi connectivity index (χ4v) is 2.18. The van der Waals surface area contributed by atoms with Crippen LogP contribution in [0.1, 0.15) is 25.6 Å². The van der Waals surface area contributed by atoms with Crippen LogP contribution in [0.25, 0.3) is 10.9 Å². The van der Waals surface area contributed by atoms with Gasteiger partial charge in [-0.25, -0.2) is 4.39 Å². The lowest BCUT2D eigenvalue weighted by molar-refractivity contribution is -0.136. The van der Waals surface area contributed by atoms with E-state index in [9.17, 15) is 9.18 Å². The summed E-state index contributed by atoms with van der Waals surface area (Å²) in [6.45, 7) is 3.83. The number of aromatic nitrogens is 1. The third-order valence-electron chi connectivity index (χ3n) is 2.74. The smallest absolute Gasteiger partial charge is 0.309 e. The number of benzene rings is 1. The molecule has 1 N–H and O–H groups in total. The number of carbonyl (C=O) groups is 1. The summed E-state index contributed by atoms with van der Waals surface area (Å²) in [6, 6.07) is 6.59. The van der Waals surface area contributed by atoms with E-state index < -0.39 is 5.97 Å². The van der Waals surface area contributed by atoms with E-state index in [1.54, 1.807) is 22.8 Å². The van der Waals surface area contributed by atoms with Crippen LogP contribution in [0.3, 0.4) is 0 Å². The first-order chi connectivity index (χ1) is 8.00. The molecule has 0 amide bonds. The predicted molar refractivity (Wildman–Crippen MR) is 63.6 cm³/mol. The zero-order valence-corrected chi connectivity index (χ0v) is 9.77. The third kappa shape index (κ3) is 2.02. The highest BCUT2D eigenvalue weighted by atomic mass is 19.1. The second kappa shape index (κ2) is 4.20. The molecule has 0 saturated carbocycles. The molecule has 0 atom stereocenters. The minimum Gasteiger partial charge on any atom is -0.481 e. The van der Waals surface area contributed by atoms with Crippen LogP contribution >= 0.6 is 0 Å². The topological polar surface area (TPSA) is 42.2 Å². The van der Waals surface area contributed by atoms with Crippen molar-refractivity contribution in [2.45, 2.75) is 26.3 Å². The van der Waals surface area contributed by atoms with Crippen molar-refractivity contribution in [1.29, 1.82) is 0 Å². The largest absolute Gasteiger partial charge is 0.481 e. The van der Waals surface area contributed by atoms with Gasteiger partial charge in [0.15, 0.2) is 0 Å². The van der Waals surface area contributed by atoms with Crippen LogP contribution in [0.4, 0.5) is 4.39 Å². The van der Waals surface area contributed by atoms with Crippen molar-refractivity contribution in [1.82, 2.24) is 4.57 Å². The molecule has 0 saturated heterocycles. The summed E-state index contributed by atoms with van der Waals surface area (Å²) in [5, 5.41) is 9.61. The Morgan fingerprint density at radius 1 is 1.47 bits per heavy atom. The van der Waals surface area contributed by atoms with Gasteiger partial charge < -0.3 is 9.67 Å². The van der Waals surface area contributed by atoms with Gasteiger partial charge in [-0.3, -0.25) is 4.79 Å². The van der Waals surface area contributed by atoms with Gasteiger partial charge >= 0.3 is 5.97 Å². The van der Waals surface area contributed by atoms with Gasteiger partial charge in [0, 0.05) is 17.1 Å². The van der Waals surface area contributed by atoms with Crippen LogP contribution in [0, 0.1) is 5.82 Å². The van der Waals surface area contributed by atoms with Gasteiger partial charge in [0.25, 0.3) is 0 Å². The van der Waals surface area contributed by atoms with Crippen LogP contribution in [0.2, 0.25) is 0 Å². The Morgan fingerprint density at radius 3 is 2.76 bits per heavy atom. The number of carboxylic acids is 1. The molecule has 0 spiro atoms. The third-order valence-corrected chi connectivity index (χ3v) is 2.74. The number of carboxylic acid groups (broad SMARTS) is 1. The molecule has 90 valence electrons. The molecule has 17 heavy (non-hydrogen) atoms. The Bertz CT molecular complexity index is 572. The molecule has 0 radical (unpaired) electrons. The Balaban J connectivity index is 2.71. The van der Waals surface area contributed by atoms with Gasteiger partial charge in [-0.05, 0) is 26.0 Å². The van der Waals surface area contributed by atoms with E-state index in [0.717, 1.165) is 5.39 Å². The molecule has 1 aromatic carbocycles. The van der Waals surface area contributed by atoms with E-state index in [1.165, 1.54) is 6.07 Å². The van der Waals surface area contributed by atoms with Crippen molar-refractivity contribution in [3.63, 3.8) is 0 Å². The Hall–Kier alpha value is -1.84. The van der Waals surface area contributed by atoms with Gasteiger partial charge in [-0.1, -0.05) is 12.1 Å². The zero-order chi connectivity index (χ0) is 12.6. The summed E-state index contributed by atoms with van der Waals surface area (Å²) in [4.78, 5) is 10.8. The van der Waals surface area contributed by atoms with Crippen LogP contribution in [-0.4, -0.2) is 15.6 Å². The molecular weight excluding hydrogens is 221 g/mol. The lowest BCUT2D eigenvalue weighted by atomic mass is 10.2. The molecule has 0 aliphatic heterocycles. The summed E-state index contributed by atoms with van der Waals surface area (Å²) in [6.07, 6.45) is -0.0910. The summed E-state index contributed by atoms with van der Waals surface area (Å²) in [5.74, 6) is -1.22. The summed E-state index contributed by atoms with van der Waals surface area (Å²) in [7, 11) is 0. The highest BCUT2D eigenvalue weighted by Gasteiger charge is 2.16. The highest BCUT2D eigenvalue weighted by molar-refractivity contribution is 5.83. The molecule has 0 fully saturated rings. The number of fused-ring (bicyclic) bond motifs is 1. The number of aliphatic carboxylic acids is 1. The normalized spacial score (nSPS) is 11.3. The lowest BCUT2D eigenvalue weighted by Crippen LogP contribution is -2.10. The highest BCUT2D eigenvalue weighted by Crippen LogP contribution is 2.26. The molecule has 2 aromatic rings. The maximum atomic E-state index is 13.8. The average Bonchev–Trinajstić information content (AvgIpc) is 2.56. The maximum Gasteiger partial charge on any atom is 0.309 e. The minimum atomic E-state index is -0.907. The standard InChI is InChI=1S/C13H14FNO2/c1-8(2)15-10(7-12(16)17)6-9-4-3-5-11(14)13(9)15/h3-6,8H,7H2,1-2H3,(H,16,17). The van der Waals surface area contributed by atoms with Crippen LogP contribution in [0.15, 0.2) is 24.3 Å². The molecule has 1 heterocycles. The predicted octanol–water partition coefficient (Wildman–Crippen LogP) is 2.99. The maximum absolute atomic E-state index is 13.8. The van der Waals surface area contributed by atoms with E-state index in [-0.39, 0.29) is 18.3 Å². The summed E-state index contributed by atoms with van der Waals surface area (Å²) < 4.78 is 15.5. The first-order valence-corrected chi connectivity index (χ1v) is 5.51. The summed E-state index contributed by atoms with van der Waals surface area (Å²) >= 11 is 0. The SMILES string of the molecule is CC(C)n1c(CC(=O)O)cc2cccc(F)c21. The first kappa shape index (κ1) is 11.6. The molecule has 1 aromatic heterocycles. The molecule has 0 unspecified atom stereocenters. The number of halogens is 1. The van der Waals surface area contributed by atoms with Crippen molar-refractivity contribution in [3.8, 4) is 0 Å². The van der Waals surface area contributed by atoms with E-state index >= 15 is 0 Å². The lowest BCUT2D eigenvalue weighted by Gasteiger charge is -2.13. The molecule has 0 aliphatic rings. The van der Waals surface area contributed by atoms with Crippen molar-refractivity contribution < 1.29 is 14.3 Å².